The fourth-order valence-electron chi connectivity index (χ4n) is 1.28. The second-order valence-corrected chi connectivity index (χ2v) is 3.98. The highest BCUT2D eigenvalue weighted by atomic mass is 32.1. The van der Waals surface area contributed by atoms with Crippen LogP contribution in [-0.4, -0.2) is 16.7 Å². The lowest BCUT2D eigenvalue weighted by Crippen LogP contribution is -1.77. The third kappa shape index (κ3) is 2.52. The summed E-state index contributed by atoms with van der Waals surface area (Å²) >= 11 is 1.65. The molecule has 2 heterocycles. The molecule has 0 radical (unpaired) electrons. The topological polar surface area (TPSA) is 33.1 Å². The van der Waals surface area contributed by atoms with E-state index in [-0.39, 0.29) is 6.61 Å². The Kier molecular flexibility index (Phi) is 3.27. The van der Waals surface area contributed by atoms with Gasteiger partial charge in [-0.15, -0.1) is 11.3 Å². The number of hydrogen-bond acceptors (Lipinski definition) is 3. The van der Waals surface area contributed by atoms with Gasteiger partial charge in [0.2, 0.25) is 0 Å². The fraction of sp³-hybridized carbons (Fsp3) is 0.0833. The van der Waals surface area contributed by atoms with Crippen LogP contribution in [0.3, 0.4) is 0 Å². The van der Waals surface area contributed by atoms with Crippen LogP contribution < -0.4 is 0 Å². The molecule has 0 aliphatic carbocycles. The van der Waals surface area contributed by atoms with Crippen molar-refractivity contribution in [2.75, 3.05) is 6.61 Å². The minimum atomic E-state index is 0.0802. The Morgan fingerprint density at radius 2 is 2.33 bits per heavy atom. The van der Waals surface area contributed by atoms with Gasteiger partial charge in [0, 0.05) is 22.0 Å². The molecular formula is C12H11NOS. The van der Waals surface area contributed by atoms with E-state index in [4.69, 9.17) is 5.11 Å². The molecule has 15 heavy (non-hydrogen) atoms. The van der Waals surface area contributed by atoms with Gasteiger partial charge in [-0.05, 0) is 24.3 Å². The molecule has 0 unspecified atom stereocenters. The highest BCUT2D eigenvalue weighted by molar-refractivity contribution is 7.11. The first-order valence-electron chi connectivity index (χ1n) is 4.67. The maximum atomic E-state index is 8.66. The van der Waals surface area contributed by atoms with Crippen molar-refractivity contribution >= 4 is 17.4 Å². The molecule has 76 valence electrons. The van der Waals surface area contributed by atoms with Gasteiger partial charge in [-0.2, -0.15) is 0 Å². The number of hydrogen-bond donors (Lipinski definition) is 1. The van der Waals surface area contributed by atoms with E-state index in [2.05, 4.69) is 16.4 Å². The van der Waals surface area contributed by atoms with Crippen LogP contribution in [0.1, 0.15) is 4.88 Å². The Bertz CT molecular complexity index is 448. The second kappa shape index (κ2) is 4.87. The quantitative estimate of drug-likeness (QED) is 0.857. The maximum absolute atomic E-state index is 8.66. The summed E-state index contributed by atoms with van der Waals surface area (Å²) in [5.74, 6) is 0. The molecule has 2 rings (SSSR count). The van der Waals surface area contributed by atoms with Gasteiger partial charge in [-0.1, -0.05) is 12.1 Å². The summed E-state index contributed by atoms with van der Waals surface area (Å²) in [5, 5.41) is 10.7. The van der Waals surface area contributed by atoms with E-state index in [1.54, 1.807) is 23.6 Å². The van der Waals surface area contributed by atoms with E-state index in [1.165, 1.54) is 0 Å². The Hall–Kier alpha value is -1.45. The van der Waals surface area contributed by atoms with Gasteiger partial charge in [-0.25, -0.2) is 0 Å². The van der Waals surface area contributed by atoms with Crippen molar-refractivity contribution in [3.8, 4) is 11.3 Å². The van der Waals surface area contributed by atoms with E-state index in [1.807, 2.05) is 24.3 Å². The zero-order chi connectivity index (χ0) is 10.5. The molecule has 0 fully saturated rings. The molecule has 0 aromatic carbocycles. The van der Waals surface area contributed by atoms with Gasteiger partial charge < -0.3 is 5.11 Å². The van der Waals surface area contributed by atoms with E-state index in [0.29, 0.717) is 0 Å². The number of thiophene rings is 1. The summed E-state index contributed by atoms with van der Waals surface area (Å²) in [6, 6.07) is 7.94. The standard InChI is InChI=1S/C12H11NOS/c14-7-3-4-11-8-10(9-15-11)12-5-1-2-6-13-12/h1-6,8-9,14H,7H2/b4-3+. The summed E-state index contributed by atoms with van der Waals surface area (Å²) in [7, 11) is 0. The number of nitrogens with zero attached hydrogens (tertiary/aromatic N) is 1. The van der Waals surface area contributed by atoms with Gasteiger partial charge in [0.25, 0.3) is 0 Å². The third-order valence-electron chi connectivity index (χ3n) is 1.97. The summed E-state index contributed by atoms with van der Waals surface area (Å²) in [4.78, 5) is 5.41. The zero-order valence-corrected chi connectivity index (χ0v) is 8.95. The summed E-state index contributed by atoms with van der Waals surface area (Å²) in [6.45, 7) is 0.0802. The zero-order valence-electron chi connectivity index (χ0n) is 8.13. The van der Waals surface area contributed by atoms with Gasteiger partial charge in [0.1, 0.15) is 0 Å². The Morgan fingerprint density at radius 3 is 3.07 bits per heavy atom. The number of aromatic nitrogens is 1. The Balaban J connectivity index is 2.24. The van der Waals surface area contributed by atoms with Gasteiger partial charge in [0.05, 0.1) is 12.3 Å². The molecule has 0 aliphatic heterocycles. The van der Waals surface area contributed by atoms with Crippen molar-refractivity contribution in [3.05, 3.63) is 46.8 Å². The first-order valence-corrected chi connectivity index (χ1v) is 5.55. The minimum absolute atomic E-state index is 0.0802. The smallest absolute Gasteiger partial charge is 0.0710 e. The van der Waals surface area contributed by atoms with Crippen LogP contribution >= 0.6 is 11.3 Å². The van der Waals surface area contributed by atoms with Crippen LogP contribution in [0.2, 0.25) is 0 Å². The molecule has 0 atom stereocenters. The predicted molar refractivity (Wildman–Crippen MR) is 63.7 cm³/mol. The molecule has 0 bridgehead atoms. The van der Waals surface area contributed by atoms with Crippen LogP contribution in [0.4, 0.5) is 0 Å². The van der Waals surface area contributed by atoms with E-state index in [0.717, 1.165) is 16.1 Å². The molecule has 0 aliphatic rings. The molecule has 0 amide bonds. The first kappa shape index (κ1) is 10.1. The van der Waals surface area contributed by atoms with Crippen LogP contribution in [0.5, 0.6) is 0 Å². The monoisotopic (exact) mass is 217 g/mol. The van der Waals surface area contributed by atoms with Gasteiger partial charge in [0.15, 0.2) is 0 Å². The lowest BCUT2D eigenvalue weighted by Gasteiger charge is -1.93. The molecule has 2 aromatic rings. The fourth-order valence-corrected chi connectivity index (χ4v) is 2.10. The molecule has 3 heteroatoms. The maximum Gasteiger partial charge on any atom is 0.0710 e. The number of aliphatic hydroxyl groups excluding tert-OH is 1. The van der Waals surface area contributed by atoms with Crippen molar-refractivity contribution < 1.29 is 5.11 Å². The van der Waals surface area contributed by atoms with E-state index < -0.39 is 0 Å². The molecule has 1 N–H and O–H groups in total. The molecule has 2 aromatic heterocycles. The highest BCUT2D eigenvalue weighted by Gasteiger charge is 2.00. The predicted octanol–water partition coefficient (Wildman–Crippen LogP) is 2.82. The molecule has 2 nitrogen and oxygen atoms in total. The van der Waals surface area contributed by atoms with Crippen molar-refractivity contribution in [1.29, 1.82) is 0 Å². The largest absolute Gasteiger partial charge is 0.392 e. The SMILES string of the molecule is OC/C=C/c1cc(-c2ccccn2)cs1. The Morgan fingerprint density at radius 1 is 1.40 bits per heavy atom. The molecular weight excluding hydrogens is 206 g/mol. The summed E-state index contributed by atoms with van der Waals surface area (Å²) in [5.41, 5.74) is 2.11. The Labute approximate surface area is 92.5 Å². The minimum Gasteiger partial charge on any atom is -0.392 e. The number of rotatable bonds is 3. The van der Waals surface area contributed by atoms with Crippen molar-refractivity contribution in [3.63, 3.8) is 0 Å². The van der Waals surface area contributed by atoms with Gasteiger partial charge in [-0.3, -0.25) is 4.98 Å². The second-order valence-electron chi connectivity index (χ2n) is 3.04. The van der Waals surface area contributed by atoms with Crippen LogP contribution in [0, 0.1) is 0 Å². The third-order valence-corrected chi connectivity index (χ3v) is 2.87. The highest BCUT2D eigenvalue weighted by Crippen LogP contribution is 2.24. The van der Waals surface area contributed by atoms with Crippen molar-refractivity contribution in [2.45, 2.75) is 0 Å². The first-order chi connectivity index (χ1) is 7.40. The number of pyridine rings is 1. The summed E-state index contributed by atoms with van der Waals surface area (Å²) in [6.07, 6.45) is 5.43. The lowest BCUT2D eigenvalue weighted by molar-refractivity contribution is 0.343. The molecule has 0 saturated carbocycles. The average molecular weight is 217 g/mol. The molecule has 0 spiro atoms. The van der Waals surface area contributed by atoms with Crippen LogP contribution in [0.15, 0.2) is 41.9 Å². The summed E-state index contributed by atoms with van der Waals surface area (Å²) < 4.78 is 0. The average Bonchev–Trinajstić information content (AvgIpc) is 2.76. The van der Waals surface area contributed by atoms with Crippen LogP contribution in [0.25, 0.3) is 17.3 Å². The van der Waals surface area contributed by atoms with Crippen LogP contribution in [-0.2, 0) is 0 Å². The van der Waals surface area contributed by atoms with Crippen molar-refractivity contribution in [1.82, 2.24) is 4.98 Å². The molecule has 0 saturated heterocycles. The lowest BCUT2D eigenvalue weighted by atomic mass is 10.2. The number of aliphatic hydroxyl groups is 1. The van der Waals surface area contributed by atoms with E-state index in [9.17, 15) is 0 Å². The van der Waals surface area contributed by atoms with Gasteiger partial charge >= 0.3 is 0 Å². The van der Waals surface area contributed by atoms with Crippen molar-refractivity contribution in [2.24, 2.45) is 0 Å². The normalized spacial score (nSPS) is 11.0. The van der Waals surface area contributed by atoms with E-state index >= 15 is 0 Å².